The average molecular weight is 451 g/mol. The number of piperazine rings is 1. The first-order valence-electron chi connectivity index (χ1n) is 10.7. The van der Waals surface area contributed by atoms with Crippen LogP contribution in [0.4, 0.5) is 5.82 Å². The second-order valence-corrected chi connectivity index (χ2v) is 8.43. The first kappa shape index (κ1) is 22.1. The van der Waals surface area contributed by atoms with Gasteiger partial charge in [0, 0.05) is 42.8 Å². The van der Waals surface area contributed by atoms with Crippen LogP contribution in [-0.4, -0.2) is 53.6 Å². The molecule has 0 saturated carbocycles. The molecule has 3 aromatic rings. The highest BCUT2D eigenvalue weighted by molar-refractivity contribution is 6.32. The van der Waals surface area contributed by atoms with E-state index in [9.17, 15) is 4.79 Å². The molecule has 1 fully saturated rings. The Morgan fingerprint density at radius 2 is 1.62 bits per heavy atom. The van der Waals surface area contributed by atoms with Gasteiger partial charge in [0.2, 0.25) is 0 Å². The number of benzene rings is 2. The van der Waals surface area contributed by atoms with Gasteiger partial charge in [-0.2, -0.15) is 0 Å². The van der Waals surface area contributed by atoms with Gasteiger partial charge in [-0.1, -0.05) is 41.9 Å². The van der Waals surface area contributed by atoms with Crippen LogP contribution < -0.4 is 9.64 Å². The quantitative estimate of drug-likeness (QED) is 0.574. The van der Waals surface area contributed by atoms with Crippen molar-refractivity contribution in [1.29, 1.82) is 0 Å². The van der Waals surface area contributed by atoms with Gasteiger partial charge in [0.25, 0.3) is 5.91 Å². The maximum atomic E-state index is 12.7. The number of hydrogen-bond acceptors (Lipinski definition) is 5. The summed E-state index contributed by atoms with van der Waals surface area (Å²) in [7, 11) is 0. The molecular weight excluding hydrogens is 424 g/mol. The van der Waals surface area contributed by atoms with Crippen LogP contribution in [0.2, 0.25) is 5.02 Å². The number of rotatable bonds is 5. The molecule has 0 N–H and O–H groups in total. The van der Waals surface area contributed by atoms with Gasteiger partial charge in [-0.05, 0) is 44.0 Å². The molecule has 1 aliphatic heterocycles. The van der Waals surface area contributed by atoms with Gasteiger partial charge in [0.1, 0.15) is 17.4 Å². The van der Waals surface area contributed by atoms with Crippen molar-refractivity contribution in [1.82, 2.24) is 14.9 Å². The zero-order chi connectivity index (χ0) is 22.7. The number of carbonyl (C=O) groups excluding carboxylic acids is 1. The van der Waals surface area contributed by atoms with E-state index in [2.05, 4.69) is 14.9 Å². The van der Waals surface area contributed by atoms with E-state index in [4.69, 9.17) is 16.3 Å². The summed E-state index contributed by atoms with van der Waals surface area (Å²) in [5.74, 6) is 2.29. The van der Waals surface area contributed by atoms with Crippen LogP contribution in [0.5, 0.6) is 5.75 Å². The highest BCUT2D eigenvalue weighted by Gasteiger charge is 2.23. The molecule has 4 rings (SSSR count). The van der Waals surface area contributed by atoms with Gasteiger partial charge in [-0.25, -0.2) is 9.97 Å². The fourth-order valence-electron chi connectivity index (χ4n) is 3.88. The number of hydrogen-bond donors (Lipinski definition) is 0. The SMILES string of the molecule is Cc1nc(-c2ccccc2)cc(N2CCN(C(=O)COc3cc(C)c(Cl)c(C)c3)CC2)n1. The molecule has 0 radical (unpaired) electrons. The van der Waals surface area contributed by atoms with Crippen LogP contribution in [0.1, 0.15) is 17.0 Å². The third kappa shape index (κ3) is 5.02. The van der Waals surface area contributed by atoms with Crippen molar-refractivity contribution >= 4 is 23.3 Å². The lowest BCUT2D eigenvalue weighted by Crippen LogP contribution is -2.50. The van der Waals surface area contributed by atoms with E-state index >= 15 is 0 Å². The summed E-state index contributed by atoms with van der Waals surface area (Å²) >= 11 is 6.21. The molecule has 0 unspecified atom stereocenters. The van der Waals surface area contributed by atoms with Crippen molar-refractivity contribution in [2.24, 2.45) is 0 Å². The monoisotopic (exact) mass is 450 g/mol. The zero-order valence-electron chi connectivity index (χ0n) is 18.6. The minimum atomic E-state index is -0.0150. The van der Waals surface area contributed by atoms with Crippen molar-refractivity contribution in [2.45, 2.75) is 20.8 Å². The molecule has 2 aromatic carbocycles. The smallest absolute Gasteiger partial charge is 0.260 e. The van der Waals surface area contributed by atoms with E-state index in [1.54, 1.807) is 0 Å². The second-order valence-electron chi connectivity index (χ2n) is 8.05. The maximum Gasteiger partial charge on any atom is 0.260 e. The molecule has 166 valence electrons. The topological polar surface area (TPSA) is 58.6 Å². The number of carbonyl (C=O) groups is 1. The third-order valence-electron chi connectivity index (χ3n) is 5.62. The van der Waals surface area contributed by atoms with Gasteiger partial charge < -0.3 is 14.5 Å². The van der Waals surface area contributed by atoms with E-state index in [0.717, 1.165) is 52.1 Å². The Morgan fingerprint density at radius 1 is 0.969 bits per heavy atom. The number of ether oxygens (including phenoxy) is 1. The lowest BCUT2D eigenvalue weighted by molar-refractivity contribution is -0.133. The van der Waals surface area contributed by atoms with Crippen molar-refractivity contribution in [3.8, 4) is 17.0 Å². The molecule has 0 atom stereocenters. The molecule has 1 aliphatic rings. The van der Waals surface area contributed by atoms with Crippen LogP contribution >= 0.6 is 11.6 Å². The third-order valence-corrected chi connectivity index (χ3v) is 6.22. The van der Waals surface area contributed by atoms with Crippen LogP contribution in [-0.2, 0) is 4.79 Å². The van der Waals surface area contributed by atoms with Gasteiger partial charge in [0.05, 0.1) is 5.69 Å². The van der Waals surface area contributed by atoms with Crippen LogP contribution in [0.15, 0.2) is 48.5 Å². The first-order valence-corrected chi connectivity index (χ1v) is 11.1. The Hall–Kier alpha value is -3.12. The number of halogens is 1. The average Bonchev–Trinajstić information content (AvgIpc) is 2.81. The predicted octanol–water partition coefficient (Wildman–Crippen LogP) is 4.45. The van der Waals surface area contributed by atoms with E-state index in [1.165, 1.54) is 0 Å². The summed E-state index contributed by atoms with van der Waals surface area (Å²) in [5.41, 5.74) is 3.86. The number of aryl methyl sites for hydroxylation is 3. The summed E-state index contributed by atoms with van der Waals surface area (Å²) < 4.78 is 5.75. The standard InChI is InChI=1S/C25H27ClN4O2/c1-17-13-21(14-18(2)25(17)26)32-16-24(31)30-11-9-29(10-12-30)23-15-22(27-19(3)28-23)20-7-5-4-6-8-20/h4-8,13-15H,9-12,16H2,1-3H3. The van der Waals surface area contributed by atoms with Crippen LogP contribution in [0.3, 0.4) is 0 Å². The zero-order valence-corrected chi connectivity index (χ0v) is 19.4. The highest BCUT2D eigenvalue weighted by Crippen LogP contribution is 2.26. The maximum absolute atomic E-state index is 12.7. The minimum absolute atomic E-state index is 0.0150. The molecular formula is C25H27ClN4O2. The molecule has 0 spiro atoms. The Balaban J connectivity index is 1.36. The van der Waals surface area contributed by atoms with Crippen molar-refractivity contribution in [3.05, 3.63) is 70.5 Å². The number of aromatic nitrogens is 2. The lowest BCUT2D eigenvalue weighted by atomic mass is 10.1. The fraction of sp³-hybridized carbons (Fsp3) is 0.320. The van der Waals surface area contributed by atoms with E-state index in [0.29, 0.717) is 18.8 Å². The minimum Gasteiger partial charge on any atom is -0.484 e. The Bertz CT molecular complexity index is 1090. The summed E-state index contributed by atoms with van der Waals surface area (Å²) in [5, 5.41) is 0.732. The summed E-state index contributed by atoms with van der Waals surface area (Å²) in [6.07, 6.45) is 0. The van der Waals surface area contributed by atoms with Gasteiger partial charge in [-0.3, -0.25) is 4.79 Å². The van der Waals surface area contributed by atoms with Crippen molar-refractivity contribution in [2.75, 3.05) is 37.7 Å². The highest BCUT2D eigenvalue weighted by atomic mass is 35.5. The van der Waals surface area contributed by atoms with E-state index in [-0.39, 0.29) is 12.5 Å². The molecule has 1 aromatic heterocycles. The number of amides is 1. The van der Waals surface area contributed by atoms with Gasteiger partial charge >= 0.3 is 0 Å². The largest absolute Gasteiger partial charge is 0.484 e. The molecule has 0 bridgehead atoms. The fourth-order valence-corrected chi connectivity index (χ4v) is 3.99. The predicted molar refractivity (Wildman–Crippen MR) is 127 cm³/mol. The Labute approximate surface area is 193 Å². The van der Waals surface area contributed by atoms with Crippen molar-refractivity contribution in [3.63, 3.8) is 0 Å². The Morgan fingerprint density at radius 3 is 2.28 bits per heavy atom. The first-order chi connectivity index (χ1) is 15.4. The molecule has 6 nitrogen and oxygen atoms in total. The van der Waals surface area contributed by atoms with Gasteiger partial charge in [0.15, 0.2) is 6.61 Å². The van der Waals surface area contributed by atoms with Crippen LogP contribution in [0.25, 0.3) is 11.3 Å². The normalized spacial score (nSPS) is 13.9. The van der Waals surface area contributed by atoms with Crippen LogP contribution in [0, 0.1) is 20.8 Å². The second kappa shape index (κ2) is 9.57. The summed E-state index contributed by atoms with van der Waals surface area (Å²) in [6, 6.07) is 15.8. The lowest BCUT2D eigenvalue weighted by Gasteiger charge is -2.35. The van der Waals surface area contributed by atoms with E-state index < -0.39 is 0 Å². The summed E-state index contributed by atoms with van der Waals surface area (Å²) in [4.78, 5) is 25.9. The molecule has 1 amide bonds. The molecule has 1 saturated heterocycles. The molecule has 0 aliphatic carbocycles. The number of nitrogens with zero attached hydrogens (tertiary/aromatic N) is 4. The van der Waals surface area contributed by atoms with E-state index in [1.807, 2.05) is 74.2 Å². The molecule has 2 heterocycles. The van der Waals surface area contributed by atoms with Crippen molar-refractivity contribution < 1.29 is 9.53 Å². The number of anilines is 1. The Kier molecular flexibility index (Phi) is 6.61. The molecule has 32 heavy (non-hydrogen) atoms. The summed E-state index contributed by atoms with van der Waals surface area (Å²) in [6.45, 7) is 8.49. The van der Waals surface area contributed by atoms with Gasteiger partial charge in [-0.15, -0.1) is 0 Å². The molecule has 7 heteroatoms.